The van der Waals surface area contributed by atoms with Gasteiger partial charge in [-0.15, -0.1) is 0 Å². The minimum Gasteiger partial charge on any atom is -0.308 e. The molecular weight excluding hydrogens is 223 g/mol. The summed E-state index contributed by atoms with van der Waals surface area (Å²) in [5.74, 6) is -0.0792. The highest BCUT2D eigenvalue weighted by Crippen LogP contribution is 2.18. The third-order valence-corrected chi connectivity index (χ3v) is 2.05. The van der Waals surface area contributed by atoms with Crippen LogP contribution < -0.4 is 0 Å². The Morgan fingerprint density at radius 1 is 1.60 bits per heavy atom. The van der Waals surface area contributed by atoms with Crippen molar-refractivity contribution in [1.82, 2.24) is 19.5 Å². The zero-order valence-corrected chi connectivity index (χ0v) is 8.49. The number of aromatic nitrogens is 4. The summed E-state index contributed by atoms with van der Waals surface area (Å²) in [7, 11) is 0. The van der Waals surface area contributed by atoms with E-state index in [4.69, 9.17) is 11.6 Å². The van der Waals surface area contributed by atoms with Crippen LogP contribution in [0, 0.1) is 6.08 Å². The molecule has 0 saturated heterocycles. The lowest BCUT2D eigenvalue weighted by atomic mass is 10.4. The van der Waals surface area contributed by atoms with Gasteiger partial charge < -0.3 is 4.57 Å². The molecule has 15 heavy (non-hydrogen) atoms. The molecule has 0 bridgehead atoms. The van der Waals surface area contributed by atoms with Crippen LogP contribution in [-0.2, 0) is 11.3 Å². The number of hydrogen-bond acceptors (Lipinski definition) is 4. The second-order valence-corrected chi connectivity index (χ2v) is 3.39. The third kappa shape index (κ3) is 1.80. The second-order valence-electron chi connectivity index (χ2n) is 3.03. The van der Waals surface area contributed by atoms with Crippen molar-refractivity contribution in [2.75, 3.05) is 0 Å². The molecule has 2 heterocycles. The lowest BCUT2D eigenvalue weighted by Crippen LogP contribution is -2.06. The first-order valence-corrected chi connectivity index (χ1v) is 4.49. The van der Waals surface area contributed by atoms with E-state index in [0.717, 1.165) is 0 Å². The lowest BCUT2D eigenvalue weighted by Gasteiger charge is -1.99. The molecule has 2 aromatic heterocycles. The number of rotatable bonds is 2. The number of Topliss-reactive ketones (excluding diaryl/α,β-unsaturated/α-hetero) is 1. The summed E-state index contributed by atoms with van der Waals surface area (Å²) in [6.07, 6.45) is 0.448. The van der Waals surface area contributed by atoms with Crippen molar-refractivity contribution in [2.24, 2.45) is 0 Å². The van der Waals surface area contributed by atoms with E-state index >= 15 is 0 Å². The van der Waals surface area contributed by atoms with Crippen molar-refractivity contribution < 1.29 is 9.18 Å². The van der Waals surface area contributed by atoms with E-state index in [-0.39, 0.29) is 23.1 Å². The standard InChI is InChI=1S/C8H6ClFN4O/c1-4(15)2-14-3-11-5-6(9)12-8(10)13-7(5)14/h3H,2H2,1H3. The molecule has 2 aromatic rings. The summed E-state index contributed by atoms with van der Waals surface area (Å²) in [5, 5.41) is -0.0557. The summed E-state index contributed by atoms with van der Waals surface area (Å²) in [6, 6.07) is 0. The fourth-order valence-corrected chi connectivity index (χ4v) is 1.44. The number of ketones is 1. The molecule has 0 saturated carbocycles. The molecule has 0 radical (unpaired) electrons. The number of imidazole rings is 1. The minimum atomic E-state index is -0.933. The number of halogens is 2. The van der Waals surface area contributed by atoms with Gasteiger partial charge in [-0.05, 0) is 6.92 Å². The Kier molecular flexibility index (Phi) is 2.36. The van der Waals surface area contributed by atoms with Gasteiger partial charge in [0.25, 0.3) is 0 Å². The highest BCUT2D eigenvalue weighted by molar-refractivity contribution is 6.33. The zero-order chi connectivity index (χ0) is 11.0. The maximum absolute atomic E-state index is 12.9. The molecule has 0 aliphatic heterocycles. The van der Waals surface area contributed by atoms with Gasteiger partial charge in [-0.1, -0.05) is 11.6 Å². The van der Waals surface area contributed by atoms with Crippen LogP contribution in [0.2, 0.25) is 5.15 Å². The number of nitrogens with zero attached hydrogens (tertiary/aromatic N) is 4. The molecule has 0 amide bonds. The van der Waals surface area contributed by atoms with E-state index in [1.807, 2.05) is 0 Å². The van der Waals surface area contributed by atoms with Gasteiger partial charge in [0.2, 0.25) is 0 Å². The van der Waals surface area contributed by atoms with Crippen molar-refractivity contribution in [2.45, 2.75) is 13.5 Å². The first kappa shape index (κ1) is 9.97. The van der Waals surface area contributed by atoms with Gasteiger partial charge in [0.15, 0.2) is 10.8 Å². The molecule has 0 unspecified atom stereocenters. The summed E-state index contributed by atoms with van der Waals surface area (Å²) in [5.41, 5.74) is 0.516. The van der Waals surface area contributed by atoms with Crippen molar-refractivity contribution in [3.63, 3.8) is 0 Å². The molecule has 0 fully saturated rings. The van der Waals surface area contributed by atoms with E-state index in [0.29, 0.717) is 5.52 Å². The van der Waals surface area contributed by atoms with Gasteiger partial charge in [-0.3, -0.25) is 4.79 Å². The van der Waals surface area contributed by atoms with E-state index in [2.05, 4.69) is 15.0 Å². The average molecular weight is 229 g/mol. The SMILES string of the molecule is CC(=O)Cn1cnc2c(Cl)nc(F)nc21. The molecule has 7 heteroatoms. The van der Waals surface area contributed by atoms with Crippen LogP contribution in [0.15, 0.2) is 6.33 Å². The van der Waals surface area contributed by atoms with Crippen LogP contribution >= 0.6 is 11.6 Å². The molecule has 0 aliphatic carbocycles. The Balaban J connectivity index is 2.63. The van der Waals surface area contributed by atoms with Gasteiger partial charge in [0.1, 0.15) is 11.3 Å². The maximum atomic E-state index is 12.9. The maximum Gasteiger partial charge on any atom is 0.312 e. The van der Waals surface area contributed by atoms with Gasteiger partial charge >= 0.3 is 6.08 Å². The summed E-state index contributed by atoms with van der Waals surface area (Å²) in [6.45, 7) is 1.51. The average Bonchev–Trinajstić information content (AvgIpc) is 2.48. The summed E-state index contributed by atoms with van der Waals surface area (Å²) in [4.78, 5) is 21.7. The Morgan fingerprint density at radius 2 is 2.33 bits per heavy atom. The molecule has 0 aromatic carbocycles. The monoisotopic (exact) mass is 228 g/mol. The largest absolute Gasteiger partial charge is 0.312 e. The number of carbonyl (C=O) groups is 1. The summed E-state index contributed by atoms with van der Waals surface area (Å²) < 4.78 is 14.3. The van der Waals surface area contributed by atoms with Crippen molar-refractivity contribution >= 4 is 28.5 Å². The van der Waals surface area contributed by atoms with Crippen LogP contribution in [-0.4, -0.2) is 25.3 Å². The Bertz CT molecular complexity index is 539. The number of hydrogen-bond donors (Lipinski definition) is 0. The predicted molar refractivity (Wildman–Crippen MR) is 51.0 cm³/mol. The number of carbonyl (C=O) groups excluding carboxylic acids is 1. The van der Waals surface area contributed by atoms with E-state index in [9.17, 15) is 9.18 Å². The quantitative estimate of drug-likeness (QED) is 0.573. The minimum absolute atomic E-state index is 0.0557. The fraction of sp³-hybridized carbons (Fsp3) is 0.250. The molecule has 5 nitrogen and oxygen atoms in total. The highest BCUT2D eigenvalue weighted by Gasteiger charge is 2.12. The lowest BCUT2D eigenvalue weighted by molar-refractivity contribution is -0.117. The molecule has 0 aliphatic rings. The van der Waals surface area contributed by atoms with E-state index < -0.39 is 6.08 Å². The Labute approximate surface area is 88.9 Å². The Morgan fingerprint density at radius 3 is 3.00 bits per heavy atom. The summed E-state index contributed by atoms with van der Waals surface area (Å²) >= 11 is 5.66. The van der Waals surface area contributed by atoms with Crippen LogP contribution in [0.3, 0.4) is 0 Å². The van der Waals surface area contributed by atoms with E-state index in [1.54, 1.807) is 0 Å². The normalized spacial score (nSPS) is 10.9. The number of fused-ring (bicyclic) bond motifs is 1. The van der Waals surface area contributed by atoms with Crippen molar-refractivity contribution in [1.29, 1.82) is 0 Å². The first-order valence-electron chi connectivity index (χ1n) is 4.11. The van der Waals surface area contributed by atoms with Gasteiger partial charge in [0, 0.05) is 0 Å². The molecular formula is C8H6ClFN4O. The molecule has 0 N–H and O–H groups in total. The van der Waals surface area contributed by atoms with Gasteiger partial charge in [-0.2, -0.15) is 14.4 Å². The molecule has 2 rings (SSSR count). The topological polar surface area (TPSA) is 60.7 Å². The fourth-order valence-electron chi connectivity index (χ4n) is 1.24. The first-order chi connectivity index (χ1) is 7.08. The zero-order valence-electron chi connectivity index (χ0n) is 7.74. The van der Waals surface area contributed by atoms with Crippen LogP contribution in [0.25, 0.3) is 11.2 Å². The molecule has 78 valence electrons. The van der Waals surface area contributed by atoms with E-state index in [1.165, 1.54) is 17.8 Å². The molecule has 0 spiro atoms. The van der Waals surface area contributed by atoms with Gasteiger partial charge in [-0.25, -0.2) is 4.98 Å². The van der Waals surface area contributed by atoms with Crippen LogP contribution in [0.1, 0.15) is 6.92 Å². The Hall–Kier alpha value is -1.56. The van der Waals surface area contributed by atoms with Crippen LogP contribution in [0.4, 0.5) is 4.39 Å². The molecule has 0 atom stereocenters. The van der Waals surface area contributed by atoms with Crippen molar-refractivity contribution in [3.8, 4) is 0 Å². The van der Waals surface area contributed by atoms with Gasteiger partial charge in [0.05, 0.1) is 12.9 Å². The highest BCUT2D eigenvalue weighted by atomic mass is 35.5. The predicted octanol–water partition coefficient (Wildman–Crippen LogP) is 1.21. The smallest absolute Gasteiger partial charge is 0.308 e. The van der Waals surface area contributed by atoms with Crippen LogP contribution in [0.5, 0.6) is 0 Å². The second kappa shape index (κ2) is 3.54. The third-order valence-electron chi connectivity index (χ3n) is 1.79. The van der Waals surface area contributed by atoms with Crippen molar-refractivity contribution in [3.05, 3.63) is 17.6 Å².